The van der Waals surface area contributed by atoms with Gasteiger partial charge < -0.3 is 20.2 Å². The van der Waals surface area contributed by atoms with E-state index in [0.717, 1.165) is 44.4 Å². The van der Waals surface area contributed by atoms with Crippen molar-refractivity contribution in [1.82, 2.24) is 24.4 Å². The molecule has 4 aromatic rings. The number of para-hydroxylation sites is 1. The molecule has 3 aromatic heterocycles. The van der Waals surface area contributed by atoms with Crippen LogP contribution in [0.15, 0.2) is 66.4 Å². The summed E-state index contributed by atoms with van der Waals surface area (Å²) < 4.78 is 2.13. The van der Waals surface area contributed by atoms with E-state index in [4.69, 9.17) is 10.7 Å². The summed E-state index contributed by atoms with van der Waals surface area (Å²) in [6.45, 7) is 7.21. The van der Waals surface area contributed by atoms with Crippen molar-refractivity contribution < 1.29 is 0 Å². The van der Waals surface area contributed by atoms with Crippen LogP contribution >= 0.6 is 11.3 Å². The van der Waals surface area contributed by atoms with Crippen LogP contribution in [-0.2, 0) is 7.05 Å². The minimum atomic E-state index is 0.431. The molecule has 0 unspecified atom stereocenters. The molecule has 0 amide bonds. The van der Waals surface area contributed by atoms with Crippen LogP contribution in [0.2, 0.25) is 0 Å². The lowest BCUT2D eigenvalue weighted by Gasteiger charge is -2.21. The van der Waals surface area contributed by atoms with Gasteiger partial charge >= 0.3 is 0 Å². The topological polar surface area (TPSA) is 88.1 Å². The lowest BCUT2D eigenvalue weighted by Crippen LogP contribution is -2.19. The summed E-state index contributed by atoms with van der Waals surface area (Å²) in [6, 6.07) is 8.42. The number of amidine groups is 1. The summed E-state index contributed by atoms with van der Waals surface area (Å²) in [7, 11) is 5.92. The lowest BCUT2D eigenvalue weighted by atomic mass is 9.89. The smallest absolute Gasteiger partial charge is 0.149 e. The van der Waals surface area contributed by atoms with Crippen molar-refractivity contribution >= 4 is 28.1 Å². The third-order valence-corrected chi connectivity index (χ3v) is 7.32. The van der Waals surface area contributed by atoms with Gasteiger partial charge in [0.15, 0.2) is 0 Å². The minimum Gasteiger partial charge on any atom is -0.384 e. The van der Waals surface area contributed by atoms with Crippen LogP contribution in [-0.4, -0.2) is 44.3 Å². The van der Waals surface area contributed by atoms with E-state index >= 15 is 0 Å². The van der Waals surface area contributed by atoms with Crippen LogP contribution in [0.1, 0.15) is 49.5 Å². The fraction of sp³-hybridized carbons (Fsp3) is 0.321. The largest absolute Gasteiger partial charge is 0.384 e. The number of aromatic nitrogens is 4. The number of nitrogens with two attached hydrogens (primary N) is 1. The van der Waals surface area contributed by atoms with Crippen LogP contribution in [0, 0.1) is 0 Å². The molecule has 36 heavy (non-hydrogen) atoms. The van der Waals surface area contributed by atoms with Gasteiger partial charge in [0.1, 0.15) is 28.1 Å². The molecule has 0 radical (unpaired) electrons. The maximum atomic E-state index is 6.38. The Labute approximate surface area is 217 Å². The number of rotatable bonds is 6. The summed E-state index contributed by atoms with van der Waals surface area (Å²) in [5, 5.41) is 4.12. The Balaban J connectivity index is 0.000000556. The number of fused-ring (bicyclic) bond motifs is 1. The predicted octanol–water partition coefficient (Wildman–Crippen LogP) is 6.28. The Morgan fingerprint density at radius 1 is 1.25 bits per heavy atom. The normalized spacial score (nSPS) is 14.4. The summed E-state index contributed by atoms with van der Waals surface area (Å²) in [5.74, 6) is 1.98. The zero-order chi connectivity index (χ0) is 25.7. The quantitative estimate of drug-likeness (QED) is 0.240. The Hall–Kier alpha value is -3.65. The van der Waals surface area contributed by atoms with E-state index in [1.54, 1.807) is 17.5 Å². The van der Waals surface area contributed by atoms with Gasteiger partial charge in [0.2, 0.25) is 0 Å². The van der Waals surface area contributed by atoms with Crippen LogP contribution in [0.25, 0.3) is 32.9 Å². The van der Waals surface area contributed by atoms with Gasteiger partial charge in [0, 0.05) is 55.8 Å². The van der Waals surface area contributed by atoms with E-state index < -0.39 is 0 Å². The van der Waals surface area contributed by atoms with E-state index in [-0.39, 0.29) is 0 Å². The molecule has 3 heterocycles. The molecule has 0 spiro atoms. The minimum absolute atomic E-state index is 0.431. The number of H-pyrrole nitrogens is 1. The number of imidazole rings is 1. The maximum absolute atomic E-state index is 6.38. The van der Waals surface area contributed by atoms with E-state index in [0.29, 0.717) is 11.8 Å². The number of benzene rings is 1. The predicted molar refractivity (Wildman–Crippen MR) is 152 cm³/mol. The maximum Gasteiger partial charge on any atom is 0.149 e. The summed E-state index contributed by atoms with van der Waals surface area (Å²) in [5.41, 5.74) is 11.2. The van der Waals surface area contributed by atoms with Crippen molar-refractivity contribution in [3.05, 3.63) is 72.9 Å². The van der Waals surface area contributed by atoms with Crippen molar-refractivity contribution in [2.24, 2.45) is 17.8 Å². The first-order valence-electron chi connectivity index (χ1n) is 12.3. The third kappa shape index (κ3) is 5.28. The average Bonchev–Trinajstić information content (AvgIpc) is 3.63. The van der Waals surface area contributed by atoms with Gasteiger partial charge in [-0.3, -0.25) is 0 Å². The van der Waals surface area contributed by atoms with Crippen LogP contribution < -0.4 is 5.73 Å². The molecular weight excluding hydrogens is 466 g/mol. The molecule has 1 aliphatic rings. The fourth-order valence-corrected chi connectivity index (χ4v) is 5.37. The lowest BCUT2D eigenvalue weighted by molar-refractivity contribution is 0.421. The Morgan fingerprint density at radius 3 is 2.64 bits per heavy atom. The van der Waals surface area contributed by atoms with Gasteiger partial charge in [-0.15, -0.1) is 11.3 Å². The van der Waals surface area contributed by atoms with Crippen LogP contribution in [0.4, 0.5) is 0 Å². The second-order valence-corrected chi connectivity index (χ2v) is 10.1. The van der Waals surface area contributed by atoms with E-state index in [9.17, 15) is 0 Å². The first-order chi connectivity index (χ1) is 17.4. The number of hydrogen-bond donors (Lipinski definition) is 2. The SMILES string of the molecule is C=CN(C)C.C=CN=C(N)c1c(-c2cc3cccc(-c4nccs4)c3[nH]2)nc(C2CCCCC2)n1C. The summed E-state index contributed by atoms with van der Waals surface area (Å²) >= 11 is 1.63. The summed E-state index contributed by atoms with van der Waals surface area (Å²) in [4.78, 5) is 19.4. The molecular formula is C28H35N7S. The highest BCUT2D eigenvalue weighted by Gasteiger charge is 2.26. The standard InChI is InChI=1S/C24H26N6S.C4H9N/c1-3-26-22(25)21-20(29-23(30(21)2)15-8-5-4-6-9-15)18-14-16-10-7-11-17(19(16)28-18)24-27-12-13-31-24;1-4-5(2)3/h3,7,10-15,28H,1,4-6,8-9H2,2H3,(H2,25,26);4H,1H2,2-3H3. The van der Waals surface area contributed by atoms with Crippen molar-refractivity contribution in [3.63, 3.8) is 0 Å². The molecule has 188 valence electrons. The van der Waals surface area contributed by atoms with Crippen molar-refractivity contribution in [3.8, 4) is 22.0 Å². The molecule has 3 N–H and O–H groups in total. The van der Waals surface area contributed by atoms with E-state index in [1.165, 1.54) is 38.3 Å². The molecule has 0 atom stereocenters. The zero-order valence-electron chi connectivity index (χ0n) is 21.4. The number of aliphatic imine (C=N–C) groups is 1. The number of nitrogens with one attached hydrogen (secondary N) is 1. The Bertz CT molecular complexity index is 1350. The second kappa shape index (κ2) is 11.4. The highest BCUT2D eigenvalue weighted by Crippen LogP contribution is 2.37. The van der Waals surface area contributed by atoms with Crippen LogP contribution in [0.3, 0.4) is 0 Å². The van der Waals surface area contributed by atoms with Crippen molar-refractivity contribution in [2.75, 3.05) is 14.1 Å². The fourth-order valence-electron chi connectivity index (χ4n) is 4.70. The number of nitrogens with zero attached hydrogens (tertiary/aromatic N) is 5. The van der Waals surface area contributed by atoms with E-state index in [1.807, 2.05) is 37.6 Å². The summed E-state index contributed by atoms with van der Waals surface area (Å²) in [6.07, 6.45) is 11.2. The molecule has 0 aliphatic heterocycles. The highest BCUT2D eigenvalue weighted by molar-refractivity contribution is 7.13. The highest BCUT2D eigenvalue weighted by atomic mass is 32.1. The molecule has 1 saturated carbocycles. The molecule has 1 fully saturated rings. The zero-order valence-corrected chi connectivity index (χ0v) is 22.2. The average molecular weight is 502 g/mol. The molecule has 1 aromatic carbocycles. The second-order valence-electron chi connectivity index (χ2n) is 9.19. The third-order valence-electron chi connectivity index (χ3n) is 6.51. The monoisotopic (exact) mass is 501 g/mol. The van der Waals surface area contributed by atoms with Crippen molar-refractivity contribution in [1.29, 1.82) is 0 Å². The van der Waals surface area contributed by atoms with Gasteiger partial charge in [-0.05, 0) is 31.2 Å². The van der Waals surface area contributed by atoms with Crippen molar-refractivity contribution in [2.45, 2.75) is 38.0 Å². The molecule has 7 nitrogen and oxygen atoms in total. The number of thiazole rings is 1. The van der Waals surface area contributed by atoms with Gasteiger partial charge in [0.05, 0.1) is 11.2 Å². The van der Waals surface area contributed by atoms with Gasteiger partial charge in [-0.1, -0.05) is 44.6 Å². The van der Waals surface area contributed by atoms with Gasteiger partial charge in [0.25, 0.3) is 0 Å². The first-order valence-corrected chi connectivity index (χ1v) is 13.1. The molecule has 1 aliphatic carbocycles. The number of aromatic amines is 1. The Morgan fingerprint density at radius 2 is 2.00 bits per heavy atom. The number of hydrogen-bond acceptors (Lipinski definition) is 5. The van der Waals surface area contributed by atoms with Gasteiger partial charge in [-0.2, -0.15) is 0 Å². The molecule has 5 rings (SSSR count). The first kappa shape index (κ1) is 25.4. The Kier molecular flexibility index (Phi) is 8.05. The molecule has 0 saturated heterocycles. The van der Waals surface area contributed by atoms with Gasteiger partial charge in [-0.25, -0.2) is 15.0 Å². The van der Waals surface area contributed by atoms with E-state index in [2.05, 4.69) is 57.0 Å². The molecule has 8 heteroatoms. The molecule has 0 bridgehead atoms. The van der Waals surface area contributed by atoms with Crippen LogP contribution in [0.5, 0.6) is 0 Å².